The molecule has 1 rings (SSSR count). The van der Waals surface area contributed by atoms with E-state index in [1.165, 1.54) is 0 Å². The average Bonchev–Trinajstić information content (AvgIpc) is 2.33. The third-order valence-corrected chi connectivity index (χ3v) is 2.33. The van der Waals surface area contributed by atoms with Crippen LogP contribution in [-0.2, 0) is 0 Å². The fraction of sp³-hybridized carbons (Fsp3) is 0.571. The predicted octanol–water partition coefficient (Wildman–Crippen LogP) is 2.89. The first-order valence-electron chi connectivity index (χ1n) is 6.42. The molecular weight excluding hydrogens is 212 g/mol. The molecule has 3 nitrogen and oxygen atoms in total. The molecule has 0 amide bonds. The average molecular weight is 236 g/mol. The second-order valence-electron chi connectivity index (χ2n) is 4.41. The highest BCUT2D eigenvalue weighted by Crippen LogP contribution is 2.15. The van der Waals surface area contributed by atoms with Gasteiger partial charge in [0.15, 0.2) is 0 Å². The first-order chi connectivity index (χ1) is 8.22. The maximum Gasteiger partial charge on any atom is 0.119 e. The number of anilines is 1. The minimum absolute atomic E-state index is 0.543. The summed E-state index contributed by atoms with van der Waals surface area (Å²) >= 11 is 0. The van der Waals surface area contributed by atoms with Crippen LogP contribution >= 0.6 is 0 Å². The van der Waals surface area contributed by atoms with Gasteiger partial charge in [-0.1, -0.05) is 20.8 Å². The van der Waals surface area contributed by atoms with E-state index in [0.717, 1.165) is 37.6 Å². The number of benzene rings is 1. The normalized spacial score (nSPS) is 10.6. The van der Waals surface area contributed by atoms with Crippen molar-refractivity contribution in [3.63, 3.8) is 0 Å². The van der Waals surface area contributed by atoms with E-state index >= 15 is 0 Å². The molecule has 0 heterocycles. The van der Waals surface area contributed by atoms with Crippen LogP contribution in [0.15, 0.2) is 24.3 Å². The van der Waals surface area contributed by atoms with Gasteiger partial charge in [-0.2, -0.15) is 0 Å². The summed E-state index contributed by atoms with van der Waals surface area (Å²) in [5.41, 5.74) is 1.14. The van der Waals surface area contributed by atoms with Crippen LogP contribution in [0.5, 0.6) is 5.75 Å². The summed E-state index contributed by atoms with van der Waals surface area (Å²) in [6, 6.07) is 8.67. The van der Waals surface area contributed by atoms with Crippen LogP contribution in [0.25, 0.3) is 0 Å². The van der Waals surface area contributed by atoms with Crippen LogP contribution < -0.4 is 15.4 Å². The molecule has 96 valence electrons. The van der Waals surface area contributed by atoms with Crippen molar-refractivity contribution in [2.75, 3.05) is 25.0 Å². The molecule has 0 atom stereocenters. The minimum atomic E-state index is 0.543. The zero-order chi connectivity index (χ0) is 12.5. The van der Waals surface area contributed by atoms with Gasteiger partial charge in [0.25, 0.3) is 0 Å². The Kier molecular flexibility index (Phi) is 6.48. The first kappa shape index (κ1) is 13.8. The summed E-state index contributed by atoms with van der Waals surface area (Å²) in [6.45, 7) is 9.11. The fourth-order valence-corrected chi connectivity index (χ4v) is 1.46. The van der Waals surface area contributed by atoms with E-state index in [-0.39, 0.29) is 0 Å². The van der Waals surface area contributed by atoms with Crippen molar-refractivity contribution in [1.29, 1.82) is 0 Å². The standard InChI is InChI=1S/C14H24N2O/c1-4-11-17-14-7-5-13(6-8-14)16-10-9-15-12(2)3/h5-8,12,15-16H,4,9-11H2,1-3H3. The summed E-state index contributed by atoms with van der Waals surface area (Å²) in [5.74, 6) is 0.942. The van der Waals surface area contributed by atoms with Crippen LogP contribution in [0, 0.1) is 0 Å². The Morgan fingerprint density at radius 1 is 1.12 bits per heavy atom. The highest BCUT2D eigenvalue weighted by molar-refractivity contribution is 5.46. The van der Waals surface area contributed by atoms with E-state index in [1.54, 1.807) is 0 Å². The van der Waals surface area contributed by atoms with Gasteiger partial charge in [0.1, 0.15) is 5.75 Å². The summed E-state index contributed by atoms with van der Waals surface area (Å²) in [5, 5.41) is 6.73. The molecule has 0 aliphatic rings. The number of rotatable bonds is 8. The summed E-state index contributed by atoms with van der Waals surface area (Å²) in [4.78, 5) is 0. The molecule has 3 heteroatoms. The molecule has 1 aromatic carbocycles. The van der Waals surface area contributed by atoms with Gasteiger partial charge < -0.3 is 15.4 Å². The molecule has 0 radical (unpaired) electrons. The van der Waals surface area contributed by atoms with Gasteiger partial charge in [-0.25, -0.2) is 0 Å². The van der Waals surface area contributed by atoms with Crippen molar-refractivity contribution >= 4 is 5.69 Å². The summed E-state index contributed by atoms with van der Waals surface area (Å²) in [7, 11) is 0. The Morgan fingerprint density at radius 2 is 1.82 bits per heavy atom. The Balaban J connectivity index is 2.25. The second-order valence-corrected chi connectivity index (χ2v) is 4.41. The number of hydrogen-bond donors (Lipinski definition) is 2. The Hall–Kier alpha value is -1.22. The molecule has 1 aromatic rings. The van der Waals surface area contributed by atoms with E-state index in [0.29, 0.717) is 6.04 Å². The van der Waals surface area contributed by atoms with Crippen molar-refractivity contribution in [1.82, 2.24) is 5.32 Å². The van der Waals surface area contributed by atoms with Crippen LogP contribution in [0.1, 0.15) is 27.2 Å². The Bertz CT molecular complexity index is 296. The topological polar surface area (TPSA) is 33.3 Å². The van der Waals surface area contributed by atoms with Gasteiger partial charge in [-0.15, -0.1) is 0 Å². The van der Waals surface area contributed by atoms with Crippen molar-refractivity contribution < 1.29 is 4.74 Å². The molecule has 0 spiro atoms. The Labute approximate surface area is 105 Å². The van der Waals surface area contributed by atoms with E-state index in [1.807, 2.05) is 12.1 Å². The van der Waals surface area contributed by atoms with E-state index in [4.69, 9.17) is 4.74 Å². The molecule has 0 unspecified atom stereocenters. The van der Waals surface area contributed by atoms with E-state index in [9.17, 15) is 0 Å². The molecule has 0 aromatic heterocycles. The van der Waals surface area contributed by atoms with Gasteiger partial charge in [-0.05, 0) is 30.7 Å². The van der Waals surface area contributed by atoms with Crippen LogP contribution in [0.3, 0.4) is 0 Å². The van der Waals surface area contributed by atoms with Gasteiger partial charge in [0, 0.05) is 24.8 Å². The van der Waals surface area contributed by atoms with E-state index in [2.05, 4.69) is 43.5 Å². The highest BCUT2D eigenvalue weighted by atomic mass is 16.5. The molecule has 0 fully saturated rings. The largest absolute Gasteiger partial charge is 0.494 e. The zero-order valence-corrected chi connectivity index (χ0v) is 11.1. The van der Waals surface area contributed by atoms with Crippen molar-refractivity contribution in [2.45, 2.75) is 33.2 Å². The molecule has 0 aliphatic carbocycles. The third-order valence-electron chi connectivity index (χ3n) is 2.33. The maximum atomic E-state index is 5.53. The Morgan fingerprint density at radius 3 is 2.41 bits per heavy atom. The van der Waals surface area contributed by atoms with Gasteiger partial charge in [0.2, 0.25) is 0 Å². The monoisotopic (exact) mass is 236 g/mol. The lowest BCUT2D eigenvalue weighted by Crippen LogP contribution is -2.28. The number of ether oxygens (including phenoxy) is 1. The van der Waals surface area contributed by atoms with Crippen molar-refractivity contribution in [3.8, 4) is 5.75 Å². The molecule has 2 N–H and O–H groups in total. The smallest absolute Gasteiger partial charge is 0.119 e. The molecular formula is C14H24N2O. The predicted molar refractivity (Wildman–Crippen MR) is 73.9 cm³/mol. The second kappa shape index (κ2) is 7.96. The van der Waals surface area contributed by atoms with Gasteiger partial charge in [0.05, 0.1) is 6.61 Å². The lowest BCUT2D eigenvalue weighted by molar-refractivity contribution is 0.317. The maximum absolute atomic E-state index is 5.53. The van der Waals surface area contributed by atoms with Crippen LogP contribution in [-0.4, -0.2) is 25.7 Å². The number of nitrogens with one attached hydrogen (secondary N) is 2. The molecule has 17 heavy (non-hydrogen) atoms. The third kappa shape index (κ3) is 6.17. The SMILES string of the molecule is CCCOc1ccc(NCCNC(C)C)cc1. The molecule has 0 saturated heterocycles. The highest BCUT2D eigenvalue weighted by Gasteiger charge is 1.95. The van der Waals surface area contributed by atoms with Crippen molar-refractivity contribution in [2.24, 2.45) is 0 Å². The van der Waals surface area contributed by atoms with Gasteiger partial charge in [-0.3, -0.25) is 0 Å². The molecule has 0 saturated carbocycles. The fourth-order valence-electron chi connectivity index (χ4n) is 1.46. The zero-order valence-electron chi connectivity index (χ0n) is 11.1. The minimum Gasteiger partial charge on any atom is -0.494 e. The van der Waals surface area contributed by atoms with Gasteiger partial charge >= 0.3 is 0 Å². The summed E-state index contributed by atoms with van der Waals surface area (Å²) in [6.07, 6.45) is 1.04. The summed E-state index contributed by atoms with van der Waals surface area (Å²) < 4.78 is 5.53. The quantitative estimate of drug-likeness (QED) is 0.681. The first-order valence-corrected chi connectivity index (χ1v) is 6.42. The van der Waals surface area contributed by atoms with Crippen molar-refractivity contribution in [3.05, 3.63) is 24.3 Å². The number of hydrogen-bond acceptors (Lipinski definition) is 3. The molecule has 0 aliphatic heterocycles. The lowest BCUT2D eigenvalue weighted by Gasteiger charge is -2.10. The van der Waals surface area contributed by atoms with E-state index < -0.39 is 0 Å². The lowest BCUT2D eigenvalue weighted by atomic mass is 10.3. The molecule has 0 bridgehead atoms. The van der Waals surface area contributed by atoms with Crippen LogP contribution in [0.4, 0.5) is 5.69 Å². The van der Waals surface area contributed by atoms with Crippen LogP contribution in [0.2, 0.25) is 0 Å².